The highest BCUT2D eigenvalue weighted by Gasteiger charge is 2.24. The molecule has 0 amide bonds. The molecule has 1 aliphatic rings. The zero-order valence-corrected chi connectivity index (χ0v) is 11.6. The molecule has 0 saturated carbocycles. The third-order valence-electron chi connectivity index (χ3n) is 2.87. The summed E-state index contributed by atoms with van der Waals surface area (Å²) in [6, 6.07) is 1.90. The number of halogens is 2. The number of hydrogen-bond acceptors (Lipinski definition) is 3. The first-order valence-corrected chi connectivity index (χ1v) is 6.58. The Labute approximate surface area is 109 Å². The molecule has 5 heteroatoms. The molecule has 1 unspecified atom stereocenters. The van der Waals surface area contributed by atoms with E-state index in [1.54, 1.807) is 6.20 Å². The minimum Gasteiger partial charge on any atom is -0.355 e. The van der Waals surface area contributed by atoms with Gasteiger partial charge in [0.05, 0.1) is 9.50 Å². The first-order valence-electron chi connectivity index (χ1n) is 5.41. The number of aromatic nitrogens is 1. The smallest absolute Gasteiger partial charge is 0.142 e. The van der Waals surface area contributed by atoms with Gasteiger partial charge in [-0.25, -0.2) is 4.98 Å². The summed E-state index contributed by atoms with van der Waals surface area (Å²) in [5, 5.41) is 3.89. The molecular weight excluding hydrogens is 289 g/mol. The van der Waals surface area contributed by atoms with Gasteiger partial charge in [0.25, 0.3) is 0 Å². The summed E-state index contributed by atoms with van der Waals surface area (Å²) in [5.41, 5.74) is 0. The maximum atomic E-state index is 5.88. The summed E-state index contributed by atoms with van der Waals surface area (Å²) in [6.07, 6.45) is 2.92. The predicted octanol–water partition coefficient (Wildman–Crippen LogP) is 2.54. The quantitative estimate of drug-likeness (QED) is 0.930. The minimum atomic E-state index is 0.668. The van der Waals surface area contributed by atoms with Gasteiger partial charge in [-0.05, 0) is 47.9 Å². The molecule has 1 atom stereocenters. The van der Waals surface area contributed by atoms with Gasteiger partial charge in [0.15, 0.2) is 0 Å². The van der Waals surface area contributed by atoms with Crippen molar-refractivity contribution >= 4 is 33.3 Å². The molecule has 1 saturated heterocycles. The van der Waals surface area contributed by atoms with Crippen LogP contribution in [0.1, 0.15) is 6.42 Å². The van der Waals surface area contributed by atoms with Crippen LogP contribution < -0.4 is 10.2 Å². The molecule has 0 radical (unpaired) electrons. The Hall–Kier alpha value is -0.320. The zero-order chi connectivity index (χ0) is 11.5. The second-order valence-electron chi connectivity index (χ2n) is 4.12. The van der Waals surface area contributed by atoms with Crippen molar-refractivity contribution in [3.05, 3.63) is 21.8 Å². The Morgan fingerprint density at radius 1 is 1.69 bits per heavy atom. The van der Waals surface area contributed by atoms with Gasteiger partial charge in [-0.1, -0.05) is 11.6 Å². The topological polar surface area (TPSA) is 28.2 Å². The van der Waals surface area contributed by atoms with Gasteiger partial charge in [0.1, 0.15) is 5.82 Å². The van der Waals surface area contributed by atoms with Gasteiger partial charge in [0.2, 0.25) is 0 Å². The highest BCUT2D eigenvalue weighted by molar-refractivity contribution is 9.10. The number of pyridine rings is 1. The van der Waals surface area contributed by atoms with E-state index in [0.29, 0.717) is 5.02 Å². The van der Waals surface area contributed by atoms with Crippen molar-refractivity contribution in [2.24, 2.45) is 5.92 Å². The van der Waals surface area contributed by atoms with Crippen molar-refractivity contribution in [2.75, 3.05) is 31.6 Å². The highest BCUT2D eigenvalue weighted by atomic mass is 79.9. The normalized spacial score (nSPS) is 20.4. The molecule has 0 bridgehead atoms. The maximum absolute atomic E-state index is 5.88. The number of anilines is 1. The van der Waals surface area contributed by atoms with Crippen LogP contribution >= 0.6 is 27.5 Å². The van der Waals surface area contributed by atoms with Gasteiger partial charge in [-0.2, -0.15) is 0 Å². The molecule has 88 valence electrons. The van der Waals surface area contributed by atoms with Crippen LogP contribution in [0, 0.1) is 5.92 Å². The SMILES string of the molecule is CNCC1CCN(c2ncc(Cl)cc2Br)C1. The number of hydrogen-bond donors (Lipinski definition) is 1. The van der Waals surface area contributed by atoms with Crippen LogP contribution in [0.15, 0.2) is 16.7 Å². The molecule has 2 heterocycles. The van der Waals surface area contributed by atoms with Crippen LogP contribution in [-0.4, -0.2) is 31.7 Å². The summed E-state index contributed by atoms with van der Waals surface area (Å²) >= 11 is 9.39. The molecule has 0 aliphatic carbocycles. The van der Waals surface area contributed by atoms with E-state index in [9.17, 15) is 0 Å². The highest BCUT2D eigenvalue weighted by Crippen LogP contribution is 2.30. The Morgan fingerprint density at radius 3 is 3.19 bits per heavy atom. The van der Waals surface area contributed by atoms with E-state index < -0.39 is 0 Å². The van der Waals surface area contributed by atoms with E-state index in [0.717, 1.165) is 35.8 Å². The fraction of sp³-hybridized carbons (Fsp3) is 0.545. The van der Waals surface area contributed by atoms with Crippen molar-refractivity contribution in [3.8, 4) is 0 Å². The van der Waals surface area contributed by atoms with Crippen LogP contribution in [0.3, 0.4) is 0 Å². The summed E-state index contributed by atoms with van der Waals surface area (Å²) in [7, 11) is 2.00. The number of nitrogens with zero attached hydrogens (tertiary/aromatic N) is 2. The van der Waals surface area contributed by atoms with E-state index >= 15 is 0 Å². The van der Waals surface area contributed by atoms with Crippen molar-refractivity contribution in [1.29, 1.82) is 0 Å². The molecule has 1 aromatic heterocycles. The molecule has 16 heavy (non-hydrogen) atoms. The number of rotatable bonds is 3. The second-order valence-corrected chi connectivity index (χ2v) is 5.41. The third kappa shape index (κ3) is 2.67. The molecular formula is C11H15BrClN3. The van der Waals surface area contributed by atoms with E-state index in [-0.39, 0.29) is 0 Å². The molecule has 2 rings (SSSR count). The lowest BCUT2D eigenvalue weighted by Gasteiger charge is -2.18. The summed E-state index contributed by atoms with van der Waals surface area (Å²) in [6.45, 7) is 3.20. The van der Waals surface area contributed by atoms with Gasteiger partial charge in [-0.15, -0.1) is 0 Å². The van der Waals surface area contributed by atoms with Gasteiger partial charge in [-0.3, -0.25) is 0 Å². The summed E-state index contributed by atoms with van der Waals surface area (Å²) < 4.78 is 0.977. The van der Waals surface area contributed by atoms with Crippen LogP contribution in [0.4, 0.5) is 5.82 Å². The number of nitrogens with one attached hydrogen (secondary N) is 1. The average molecular weight is 305 g/mol. The van der Waals surface area contributed by atoms with E-state index in [2.05, 4.69) is 31.1 Å². The van der Waals surface area contributed by atoms with Gasteiger partial charge < -0.3 is 10.2 Å². The zero-order valence-electron chi connectivity index (χ0n) is 9.21. The van der Waals surface area contributed by atoms with Gasteiger partial charge >= 0.3 is 0 Å². The predicted molar refractivity (Wildman–Crippen MR) is 71.2 cm³/mol. The van der Waals surface area contributed by atoms with Crippen LogP contribution in [0.5, 0.6) is 0 Å². The molecule has 1 N–H and O–H groups in total. The molecule has 1 aromatic rings. The van der Waals surface area contributed by atoms with Crippen molar-refractivity contribution < 1.29 is 0 Å². The average Bonchev–Trinajstić information content (AvgIpc) is 2.67. The minimum absolute atomic E-state index is 0.668. The lowest BCUT2D eigenvalue weighted by molar-refractivity contribution is 0.549. The summed E-state index contributed by atoms with van der Waals surface area (Å²) in [5.74, 6) is 1.72. The third-order valence-corrected chi connectivity index (χ3v) is 3.66. The lowest BCUT2D eigenvalue weighted by Crippen LogP contribution is -2.25. The fourth-order valence-electron chi connectivity index (χ4n) is 2.12. The lowest BCUT2D eigenvalue weighted by atomic mass is 10.1. The Morgan fingerprint density at radius 2 is 2.50 bits per heavy atom. The molecule has 0 aromatic carbocycles. The van der Waals surface area contributed by atoms with Crippen molar-refractivity contribution in [1.82, 2.24) is 10.3 Å². The summed E-state index contributed by atoms with van der Waals surface area (Å²) in [4.78, 5) is 6.69. The van der Waals surface area contributed by atoms with Gasteiger partial charge in [0, 0.05) is 19.3 Å². The molecule has 3 nitrogen and oxygen atoms in total. The van der Waals surface area contributed by atoms with Crippen LogP contribution in [0.2, 0.25) is 5.02 Å². The molecule has 1 aliphatic heterocycles. The van der Waals surface area contributed by atoms with Crippen molar-refractivity contribution in [3.63, 3.8) is 0 Å². The molecule has 1 fully saturated rings. The molecule has 0 spiro atoms. The van der Waals surface area contributed by atoms with Crippen molar-refractivity contribution in [2.45, 2.75) is 6.42 Å². The first kappa shape index (κ1) is 12.1. The van der Waals surface area contributed by atoms with E-state index in [1.807, 2.05) is 13.1 Å². The maximum Gasteiger partial charge on any atom is 0.142 e. The second kappa shape index (κ2) is 5.34. The monoisotopic (exact) mass is 303 g/mol. The first-order chi connectivity index (χ1) is 7.70. The fourth-order valence-corrected chi connectivity index (χ4v) is 3.01. The Bertz CT molecular complexity index is 372. The van der Waals surface area contributed by atoms with E-state index in [4.69, 9.17) is 11.6 Å². The Kier molecular flexibility index (Phi) is 4.05. The van der Waals surface area contributed by atoms with Crippen LogP contribution in [0.25, 0.3) is 0 Å². The largest absolute Gasteiger partial charge is 0.355 e. The van der Waals surface area contributed by atoms with Crippen LogP contribution in [-0.2, 0) is 0 Å². The Balaban J connectivity index is 2.08. The van der Waals surface area contributed by atoms with E-state index in [1.165, 1.54) is 6.42 Å². The standard InChI is InChI=1S/C11H15BrClN3/c1-14-5-8-2-3-16(7-8)11-10(12)4-9(13)6-15-11/h4,6,8,14H,2-3,5,7H2,1H3.